The monoisotopic (exact) mass is 299 g/mol. The first-order valence-electron chi connectivity index (χ1n) is 6.49. The van der Waals surface area contributed by atoms with Gasteiger partial charge in [-0.25, -0.2) is 4.39 Å². The van der Waals surface area contributed by atoms with Crippen LogP contribution in [0.2, 0.25) is 5.02 Å². The second kappa shape index (κ2) is 8.02. The number of halogens is 2. The van der Waals surface area contributed by atoms with Crippen LogP contribution in [0.3, 0.4) is 0 Å². The molecule has 0 bridgehead atoms. The zero-order chi connectivity index (χ0) is 15.1. The Morgan fingerprint density at radius 2 is 2.20 bits per heavy atom. The summed E-state index contributed by atoms with van der Waals surface area (Å²) < 4.78 is 13.5. The molecule has 1 rings (SSSR count). The standard InChI is InChI=1S/C15H19ClFNO2/c1-10(2)14(8-9-19)18-15(20)7-6-11-12(16)4-3-5-13(11)17/h3-7,10,14,19H,8-9H2,1-2H3,(H,18,20)/b7-6+. The van der Waals surface area contributed by atoms with E-state index in [0.29, 0.717) is 6.42 Å². The van der Waals surface area contributed by atoms with E-state index < -0.39 is 5.82 Å². The Morgan fingerprint density at radius 3 is 2.75 bits per heavy atom. The maximum absolute atomic E-state index is 13.5. The third kappa shape index (κ3) is 4.94. The van der Waals surface area contributed by atoms with E-state index in [1.807, 2.05) is 13.8 Å². The molecule has 110 valence electrons. The van der Waals surface area contributed by atoms with Gasteiger partial charge in [0.15, 0.2) is 0 Å². The van der Waals surface area contributed by atoms with Gasteiger partial charge in [-0.15, -0.1) is 0 Å². The molecule has 0 aliphatic heterocycles. The van der Waals surface area contributed by atoms with Crippen molar-refractivity contribution in [1.82, 2.24) is 5.32 Å². The molecule has 0 saturated carbocycles. The Kier molecular flexibility index (Phi) is 6.68. The van der Waals surface area contributed by atoms with Crippen LogP contribution in [0.4, 0.5) is 4.39 Å². The van der Waals surface area contributed by atoms with Crippen molar-refractivity contribution in [2.75, 3.05) is 6.61 Å². The summed E-state index contributed by atoms with van der Waals surface area (Å²) in [6.45, 7) is 3.92. The van der Waals surface area contributed by atoms with Crippen LogP contribution in [-0.2, 0) is 4.79 Å². The predicted molar refractivity (Wildman–Crippen MR) is 78.9 cm³/mol. The van der Waals surface area contributed by atoms with Crippen molar-refractivity contribution in [3.05, 3.63) is 40.7 Å². The summed E-state index contributed by atoms with van der Waals surface area (Å²) in [5, 5.41) is 12.0. The molecule has 3 nitrogen and oxygen atoms in total. The number of carbonyl (C=O) groups excluding carboxylic acids is 1. The highest BCUT2D eigenvalue weighted by atomic mass is 35.5. The first kappa shape index (κ1) is 16.7. The Labute approximate surface area is 123 Å². The molecule has 1 amide bonds. The summed E-state index contributed by atoms with van der Waals surface area (Å²) in [6.07, 6.45) is 3.08. The molecule has 0 aliphatic carbocycles. The number of rotatable bonds is 6. The summed E-state index contributed by atoms with van der Waals surface area (Å²) >= 11 is 5.86. The van der Waals surface area contributed by atoms with E-state index in [1.54, 1.807) is 6.07 Å². The lowest BCUT2D eigenvalue weighted by Gasteiger charge is -2.20. The molecule has 5 heteroatoms. The van der Waals surface area contributed by atoms with Crippen molar-refractivity contribution < 1.29 is 14.3 Å². The van der Waals surface area contributed by atoms with E-state index >= 15 is 0 Å². The normalized spacial score (nSPS) is 12.9. The zero-order valence-corrected chi connectivity index (χ0v) is 12.3. The number of carbonyl (C=O) groups is 1. The van der Waals surface area contributed by atoms with Gasteiger partial charge in [0.2, 0.25) is 5.91 Å². The number of hydrogen-bond acceptors (Lipinski definition) is 2. The van der Waals surface area contributed by atoms with Crippen LogP contribution in [0.5, 0.6) is 0 Å². The lowest BCUT2D eigenvalue weighted by atomic mass is 10.0. The number of aliphatic hydroxyl groups excluding tert-OH is 1. The van der Waals surface area contributed by atoms with E-state index in [-0.39, 0.29) is 35.1 Å². The van der Waals surface area contributed by atoms with Crippen molar-refractivity contribution in [3.63, 3.8) is 0 Å². The van der Waals surface area contributed by atoms with E-state index in [4.69, 9.17) is 16.7 Å². The van der Waals surface area contributed by atoms with E-state index in [9.17, 15) is 9.18 Å². The third-order valence-electron chi connectivity index (χ3n) is 2.97. The van der Waals surface area contributed by atoms with Crippen LogP contribution in [0.15, 0.2) is 24.3 Å². The fourth-order valence-electron chi connectivity index (χ4n) is 1.77. The summed E-state index contributed by atoms with van der Waals surface area (Å²) in [7, 11) is 0. The predicted octanol–water partition coefficient (Wildman–Crippen LogP) is 3.02. The molecule has 0 fully saturated rings. The van der Waals surface area contributed by atoms with Gasteiger partial charge in [0.1, 0.15) is 5.82 Å². The lowest BCUT2D eigenvalue weighted by Crippen LogP contribution is -2.38. The van der Waals surface area contributed by atoms with Crippen LogP contribution in [0, 0.1) is 11.7 Å². The smallest absolute Gasteiger partial charge is 0.244 e. The lowest BCUT2D eigenvalue weighted by molar-refractivity contribution is -0.117. The van der Waals surface area contributed by atoms with Gasteiger partial charge in [-0.2, -0.15) is 0 Å². The molecule has 1 aromatic carbocycles. The van der Waals surface area contributed by atoms with Crippen LogP contribution in [0.1, 0.15) is 25.8 Å². The molecule has 1 aromatic rings. The average Bonchev–Trinajstić information content (AvgIpc) is 2.37. The van der Waals surface area contributed by atoms with Crippen molar-refractivity contribution in [1.29, 1.82) is 0 Å². The number of benzene rings is 1. The van der Waals surface area contributed by atoms with Crippen molar-refractivity contribution >= 4 is 23.6 Å². The van der Waals surface area contributed by atoms with Gasteiger partial charge < -0.3 is 10.4 Å². The van der Waals surface area contributed by atoms with Crippen molar-refractivity contribution in [2.45, 2.75) is 26.3 Å². The molecule has 2 N–H and O–H groups in total. The minimum atomic E-state index is -0.475. The summed E-state index contributed by atoms with van der Waals surface area (Å²) in [4.78, 5) is 11.8. The summed E-state index contributed by atoms with van der Waals surface area (Å²) in [5.74, 6) is -0.606. The van der Waals surface area contributed by atoms with Gasteiger partial charge in [0.25, 0.3) is 0 Å². The molecule has 1 atom stereocenters. The number of nitrogens with one attached hydrogen (secondary N) is 1. The molecule has 20 heavy (non-hydrogen) atoms. The highest BCUT2D eigenvalue weighted by molar-refractivity contribution is 6.32. The van der Waals surface area contributed by atoms with Crippen LogP contribution >= 0.6 is 11.6 Å². The quantitative estimate of drug-likeness (QED) is 0.793. The van der Waals surface area contributed by atoms with Crippen LogP contribution in [-0.4, -0.2) is 23.7 Å². The maximum atomic E-state index is 13.5. The van der Waals surface area contributed by atoms with Gasteiger partial charge in [-0.1, -0.05) is 31.5 Å². The molecule has 0 aliphatic rings. The molecular weight excluding hydrogens is 281 g/mol. The fourth-order valence-corrected chi connectivity index (χ4v) is 2.00. The first-order valence-corrected chi connectivity index (χ1v) is 6.87. The van der Waals surface area contributed by atoms with E-state index in [1.165, 1.54) is 24.3 Å². The van der Waals surface area contributed by atoms with Gasteiger partial charge in [0.05, 0.1) is 5.02 Å². The second-order valence-electron chi connectivity index (χ2n) is 4.84. The minimum Gasteiger partial charge on any atom is -0.396 e. The van der Waals surface area contributed by atoms with E-state index in [0.717, 1.165) is 0 Å². The Bertz CT molecular complexity index is 469. The van der Waals surface area contributed by atoms with Crippen molar-refractivity contribution in [2.24, 2.45) is 5.92 Å². The molecule has 0 radical (unpaired) electrons. The third-order valence-corrected chi connectivity index (χ3v) is 3.30. The first-order chi connectivity index (χ1) is 9.45. The second-order valence-corrected chi connectivity index (χ2v) is 5.25. The Hall–Kier alpha value is -1.39. The largest absolute Gasteiger partial charge is 0.396 e. The Balaban J connectivity index is 2.72. The van der Waals surface area contributed by atoms with Gasteiger partial charge >= 0.3 is 0 Å². The van der Waals surface area contributed by atoms with Gasteiger partial charge in [-0.05, 0) is 30.5 Å². The summed E-state index contributed by atoms with van der Waals surface area (Å²) in [5.41, 5.74) is 0.188. The van der Waals surface area contributed by atoms with Crippen LogP contribution < -0.4 is 5.32 Å². The average molecular weight is 300 g/mol. The fraction of sp³-hybridized carbons (Fsp3) is 0.400. The number of aliphatic hydroxyl groups is 1. The van der Waals surface area contributed by atoms with Gasteiger partial charge in [0, 0.05) is 24.3 Å². The number of amides is 1. The SMILES string of the molecule is CC(C)C(CCO)NC(=O)/C=C/c1c(F)cccc1Cl. The highest BCUT2D eigenvalue weighted by Crippen LogP contribution is 2.20. The molecule has 0 heterocycles. The molecule has 1 unspecified atom stereocenters. The molecule has 0 saturated heterocycles. The Morgan fingerprint density at radius 1 is 1.50 bits per heavy atom. The summed E-state index contributed by atoms with van der Waals surface area (Å²) in [6, 6.07) is 4.23. The minimum absolute atomic E-state index is 0.00594. The van der Waals surface area contributed by atoms with E-state index in [2.05, 4.69) is 5.32 Å². The number of hydrogen-bond donors (Lipinski definition) is 2. The topological polar surface area (TPSA) is 49.3 Å². The van der Waals surface area contributed by atoms with Crippen LogP contribution in [0.25, 0.3) is 6.08 Å². The highest BCUT2D eigenvalue weighted by Gasteiger charge is 2.14. The van der Waals surface area contributed by atoms with Crippen molar-refractivity contribution in [3.8, 4) is 0 Å². The molecule has 0 aromatic heterocycles. The maximum Gasteiger partial charge on any atom is 0.244 e. The molecule has 0 spiro atoms. The molecular formula is C15H19ClFNO2. The zero-order valence-electron chi connectivity index (χ0n) is 11.6. The van der Waals surface area contributed by atoms with Gasteiger partial charge in [-0.3, -0.25) is 4.79 Å².